The molecule has 0 aromatic carbocycles. The Labute approximate surface area is 81.6 Å². The molecule has 0 saturated carbocycles. The summed E-state index contributed by atoms with van der Waals surface area (Å²) in [4.78, 5) is 23.2. The van der Waals surface area contributed by atoms with Gasteiger partial charge in [0.05, 0.1) is 12.0 Å². The molecule has 1 saturated heterocycles. The van der Waals surface area contributed by atoms with Crippen molar-refractivity contribution in [1.29, 1.82) is 0 Å². The zero-order valence-electron chi connectivity index (χ0n) is 7.94. The van der Waals surface area contributed by atoms with Gasteiger partial charge in [0.15, 0.2) is 0 Å². The largest absolute Gasteiger partial charge is 0.467 e. The van der Waals surface area contributed by atoms with Crippen molar-refractivity contribution in [2.24, 2.45) is 0 Å². The minimum atomic E-state index is -0.428. The fourth-order valence-corrected chi connectivity index (χ4v) is 2.51. The van der Waals surface area contributed by atoms with Gasteiger partial charge in [-0.2, -0.15) is 0 Å². The third-order valence-corrected chi connectivity index (χ3v) is 3.54. The van der Waals surface area contributed by atoms with Crippen LogP contribution in [0.15, 0.2) is 0 Å². The molecular formula is C8H13NO3S. The highest BCUT2D eigenvalue weighted by molar-refractivity contribution is 8.00. The molecule has 0 radical (unpaired) electrons. The van der Waals surface area contributed by atoms with E-state index in [4.69, 9.17) is 0 Å². The number of hydrogen-bond acceptors (Lipinski definition) is 4. The second-order valence-electron chi connectivity index (χ2n) is 3.31. The number of carbonyl (C=O) groups is 2. The quantitative estimate of drug-likeness (QED) is 0.483. The molecule has 1 atom stereocenters. The summed E-state index contributed by atoms with van der Waals surface area (Å²) in [6.07, 6.45) is 0.710. The normalized spacial score (nSPS) is 25.8. The molecule has 5 heteroatoms. The van der Waals surface area contributed by atoms with Gasteiger partial charge in [-0.3, -0.25) is 4.79 Å². The Bertz CT molecular complexity index is 229. The number of esters is 1. The highest BCUT2D eigenvalue weighted by Crippen LogP contribution is 2.37. The molecule has 1 fully saturated rings. The van der Waals surface area contributed by atoms with Crippen LogP contribution in [0.5, 0.6) is 0 Å². The summed E-state index contributed by atoms with van der Waals surface area (Å²) < 4.78 is 4.61. The third kappa shape index (κ3) is 1.80. The number of hydrogen-bond donors (Lipinski definition) is 0. The zero-order chi connectivity index (χ0) is 10.1. The van der Waals surface area contributed by atoms with Crippen LogP contribution < -0.4 is 0 Å². The van der Waals surface area contributed by atoms with Crippen molar-refractivity contribution < 1.29 is 14.3 Å². The SMILES string of the molecule is COC(=O)[C@@H]1CSC(C)(C)N1C=O. The van der Waals surface area contributed by atoms with Crippen molar-refractivity contribution >= 4 is 24.1 Å². The highest BCUT2D eigenvalue weighted by atomic mass is 32.2. The van der Waals surface area contributed by atoms with Crippen LogP contribution in [0, 0.1) is 0 Å². The number of methoxy groups -OCH3 is 1. The first-order valence-corrected chi connectivity index (χ1v) is 4.97. The lowest BCUT2D eigenvalue weighted by atomic mass is 10.2. The van der Waals surface area contributed by atoms with Gasteiger partial charge in [-0.05, 0) is 13.8 Å². The van der Waals surface area contributed by atoms with E-state index >= 15 is 0 Å². The average molecular weight is 203 g/mol. The second-order valence-corrected chi connectivity index (χ2v) is 4.93. The molecule has 1 heterocycles. The summed E-state index contributed by atoms with van der Waals surface area (Å²) in [5, 5.41) is 0. The number of amides is 1. The van der Waals surface area contributed by atoms with Crippen molar-refractivity contribution in [3.05, 3.63) is 0 Å². The average Bonchev–Trinajstić information content (AvgIpc) is 2.39. The Hall–Kier alpha value is -0.710. The first kappa shape index (κ1) is 10.4. The van der Waals surface area contributed by atoms with Crippen LogP contribution >= 0.6 is 11.8 Å². The molecule has 4 nitrogen and oxygen atoms in total. The molecule has 0 aromatic heterocycles. The van der Waals surface area contributed by atoms with Crippen LogP contribution in [0.3, 0.4) is 0 Å². The van der Waals surface area contributed by atoms with E-state index in [2.05, 4.69) is 4.74 Å². The van der Waals surface area contributed by atoms with E-state index in [9.17, 15) is 9.59 Å². The predicted octanol–water partition coefficient (Wildman–Crippen LogP) is 0.469. The van der Waals surface area contributed by atoms with Crippen molar-refractivity contribution in [1.82, 2.24) is 4.90 Å². The number of thioether (sulfide) groups is 1. The highest BCUT2D eigenvalue weighted by Gasteiger charge is 2.43. The van der Waals surface area contributed by atoms with Gasteiger partial charge in [0.1, 0.15) is 6.04 Å². The molecule has 74 valence electrons. The van der Waals surface area contributed by atoms with Gasteiger partial charge in [-0.25, -0.2) is 4.79 Å². The van der Waals surface area contributed by atoms with Gasteiger partial charge in [0, 0.05) is 5.75 Å². The minimum absolute atomic E-state index is 0.305. The molecule has 0 spiro atoms. The smallest absolute Gasteiger partial charge is 0.329 e. The summed E-state index contributed by atoms with van der Waals surface area (Å²) in [5.41, 5.74) is 0. The molecular weight excluding hydrogens is 190 g/mol. The summed E-state index contributed by atoms with van der Waals surface area (Å²) in [6.45, 7) is 3.82. The van der Waals surface area contributed by atoms with Crippen LogP contribution in [0.1, 0.15) is 13.8 Å². The number of carbonyl (C=O) groups excluding carboxylic acids is 2. The van der Waals surface area contributed by atoms with Crippen LogP contribution in [0.25, 0.3) is 0 Å². The topological polar surface area (TPSA) is 46.6 Å². The van der Waals surface area contributed by atoms with Crippen molar-refractivity contribution in [2.75, 3.05) is 12.9 Å². The minimum Gasteiger partial charge on any atom is -0.467 e. The van der Waals surface area contributed by atoms with Gasteiger partial charge in [-0.1, -0.05) is 0 Å². The van der Waals surface area contributed by atoms with E-state index in [1.807, 2.05) is 13.8 Å². The third-order valence-electron chi connectivity index (χ3n) is 2.14. The Morgan fingerprint density at radius 2 is 2.31 bits per heavy atom. The van der Waals surface area contributed by atoms with Crippen LogP contribution in [0.4, 0.5) is 0 Å². The summed E-state index contributed by atoms with van der Waals surface area (Å²) in [6, 6.07) is -0.428. The summed E-state index contributed by atoms with van der Waals surface area (Å²) in [5.74, 6) is 0.267. The van der Waals surface area contributed by atoms with E-state index < -0.39 is 6.04 Å². The molecule has 1 aliphatic heterocycles. The summed E-state index contributed by atoms with van der Waals surface area (Å²) in [7, 11) is 1.33. The maximum Gasteiger partial charge on any atom is 0.329 e. The first-order chi connectivity index (χ1) is 6.03. The fourth-order valence-electron chi connectivity index (χ4n) is 1.33. The maximum atomic E-state index is 11.2. The molecule has 0 unspecified atom stereocenters. The van der Waals surface area contributed by atoms with Crippen molar-refractivity contribution in [2.45, 2.75) is 24.8 Å². The lowest BCUT2D eigenvalue weighted by Gasteiger charge is -2.29. The molecule has 1 rings (SSSR count). The summed E-state index contributed by atoms with van der Waals surface area (Å²) >= 11 is 1.58. The second kappa shape index (κ2) is 3.57. The molecule has 1 amide bonds. The van der Waals surface area contributed by atoms with E-state index in [1.54, 1.807) is 11.8 Å². The number of rotatable bonds is 2. The molecule has 0 bridgehead atoms. The monoisotopic (exact) mass is 203 g/mol. The fraction of sp³-hybridized carbons (Fsp3) is 0.750. The number of nitrogens with zero attached hydrogens (tertiary/aromatic N) is 1. The zero-order valence-corrected chi connectivity index (χ0v) is 8.76. The van der Waals surface area contributed by atoms with Gasteiger partial charge in [-0.15, -0.1) is 11.8 Å². The van der Waals surface area contributed by atoms with E-state index in [-0.39, 0.29) is 10.8 Å². The Kier molecular flexibility index (Phi) is 2.85. The lowest BCUT2D eigenvalue weighted by Crippen LogP contribution is -2.45. The van der Waals surface area contributed by atoms with Crippen molar-refractivity contribution in [3.8, 4) is 0 Å². The van der Waals surface area contributed by atoms with Crippen LogP contribution in [-0.4, -0.2) is 41.1 Å². The van der Waals surface area contributed by atoms with E-state index in [0.29, 0.717) is 12.2 Å². The molecule has 1 aliphatic rings. The van der Waals surface area contributed by atoms with Crippen LogP contribution in [-0.2, 0) is 14.3 Å². The standard InChI is InChI=1S/C8H13NO3S/c1-8(2)9(5-10)6(4-13-8)7(11)12-3/h5-6H,4H2,1-3H3/t6-/m0/s1. The van der Waals surface area contributed by atoms with E-state index in [1.165, 1.54) is 12.0 Å². The van der Waals surface area contributed by atoms with Crippen LogP contribution in [0.2, 0.25) is 0 Å². The Balaban J connectivity index is 2.80. The molecule has 0 aliphatic carbocycles. The first-order valence-electron chi connectivity index (χ1n) is 3.98. The number of ether oxygens (including phenoxy) is 1. The van der Waals surface area contributed by atoms with Gasteiger partial charge in [0.25, 0.3) is 0 Å². The van der Waals surface area contributed by atoms with Gasteiger partial charge in [0.2, 0.25) is 6.41 Å². The molecule has 0 aromatic rings. The van der Waals surface area contributed by atoms with Gasteiger partial charge >= 0.3 is 5.97 Å². The van der Waals surface area contributed by atoms with Gasteiger partial charge < -0.3 is 9.64 Å². The molecule has 0 N–H and O–H groups in total. The maximum absolute atomic E-state index is 11.2. The Morgan fingerprint density at radius 3 is 2.77 bits per heavy atom. The molecule has 13 heavy (non-hydrogen) atoms. The van der Waals surface area contributed by atoms with Crippen molar-refractivity contribution in [3.63, 3.8) is 0 Å². The lowest BCUT2D eigenvalue weighted by molar-refractivity contribution is -0.149. The predicted molar refractivity (Wildman–Crippen MR) is 50.2 cm³/mol. The Morgan fingerprint density at radius 1 is 1.69 bits per heavy atom. The van der Waals surface area contributed by atoms with E-state index in [0.717, 1.165) is 0 Å².